The summed E-state index contributed by atoms with van der Waals surface area (Å²) < 4.78 is 7.38. The van der Waals surface area contributed by atoms with Gasteiger partial charge in [-0.05, 0) is 81.0 Å². The second-order valence-corrected chi connectivity index (χ2v) is 9.08. The van der Waals surface area contributed by atoms with Crippen molar-refractivity contribution in [2.24, 2.45) is 0 Å². The molecule has 0 unspecified atom stereocenters. The number of anilines is 1. The lowest BCUT2D eigenvalue weighted by Gasteiger charge is -2.26. The number of rotatable bonds is 4. The van der Waals surface area contributed by atoms with E-state index in [1.165, 1.54) is 6.08 Å². The quantitative estimate of drug-likeness (QED) is 0.169. The number of nitrogens with zero attached hydrogens (tertiary/aromatic N) is 1. The minimum Gasteiger partial charge on any atom is -0.425 e. The van der Waals surface area contributed by atoms with Crippen molar-refractivity contribution in [3.63, 3.8) is 0 Å². The Bertz CT molecular complexity index is 1100. The summed E-state index contributed by atoms with van der Waals surface area (Å²) in [7, 11) is 0. The van der Waals surface area contributed by atoms with Crippen LogP contribution in [0.4, 0.5) is 10.5 Å². The molecule has 1 N–H and O–H groups in total. The topological polar surface area (TPSA) is 92.8 Å². The standard InChI is InChI=1S/C20H13Br2IN2O5/c1-2-16(26)30-17-10(7-11(21)9-15(17)22)8-14-18(27)24-20(29)25(19(14)28)13-5-3-12(23)4-6-13/h3-9H,2H2,1H3,(H,24,27,29)/b14-8-. The molecule has 7 nitrogen and oxygen atoms in total. The number of imide groups is 2. The molecule has 4 amide bonds. The number of nitrogens with one attached hydrogen (secondary N) is 1. The van der Waals surface area contributed by atoms with E-state index in [0.717, 1.165) is 8.47 Å². The van der Waals surface area contributed by atoms with E-state index < -0.39 is 23.8 Å². The number of carbonyl (C=O) groups excluding carboxylic acids is 4. The molecule has 0 atom stereocenters. The lowest BCUT2D eigenvalue weighted by Crippen LogP contribution is -2.54. The number of esters is 1. The van der Waals surface area contributed by atoms with Crippen molar-refractivity contribution in [1.29, 1.82) is 0 Å². The highest BCUT2D eigenvalue weighted by molar-refractivity contribution is 14.1. The molecule has 1 aliphatic heterocycles. The molecule has 0 saturated carbocycles. The van der Waals surface area contributed by atoms with Crippen molar-refractivity contribution in [3.05, 3.63) is 60.1 Å². The maximum Gasteiger partial charge on any atom is 0.335 e. The van der Waals surface area contributed by atoms with Crippen LogP contribution >= 0.6 is 54.5 Å². The van der Waals surface area contributed by atoms with Crippen molar-refractivity contribution < 1.29 is 23.9 Å². The van der Waals surface area contributed by atoms with Gasteiger partial charge in [0.15, 0.2) is 5.75 Å². The van der Waals surface area contributed by atoms with E-state index in [9.17, 15) is 19.2 Å². The van der Waals surface area contributed by atoms with Gasteiger partial charge < -0.3 is 4.74 Å². The summed E-state index contributed by atoms with van der Waals surface area (Å²) in [4.78, 5) is 50.5. The fourth-order valence-corrected chi connectivity index (χ4v) is 4.32. The third-order valence-corrected chi connectivity index (χ3v) is 5.79. The Hall–Kier alpha value is -2.05. The van der Waals surface area contributed by atoms with Crippen LogP contribution in [0.25, 0.3) is 6.08 Å². The second-order valence-electron chi connectivity index (χ2n) is 6.07. The average molecular weight is 648 g/mol. The summed E-state index contributed by atoms with van der Waals surface area (Å²) in [5.41, 5.74) is 0.366. The highest BCUT2D eigenvalue weighted by Gasteiger charge is 2.37. The number of halogens is 3. The summed E-state index contributed by atoms with van der Waals surface area (Å²) >= 11 is 8.77. The van der Waals surface area contributed by atoms with Crippen LogP contribution in [0.2, 0.25) is 0 Å². The van der Waals surface area contributed by atoms with Crippen molar-refractivity contribution in [2.45, 2.75) is 13.3 Å². The van der Waals surface area contributed by atoms with E-state index in [0.29, 0.717) is 20.2 Å². The first-order valence-electron chi connectivity index (χ1n) is 8.58. The maximum absolute atomic E-state index is 13.0. The SMILES string of the molecule is CCC(=O)Oc1c(Br)cc(Br)cc1/C=C1/C(=O)NC(=O)N(c2ccc(I)cc2)C1=O. The lowest BCUT2D eigenvalue weighted by atomic mass is 10.1. The van der Waals surface area contributed by atoms with Gasteiger partial charge in [0.1, 0.15) is 5.57 Å². The van der Waals surface area contributed by atoms with Gasteiger partial charge in [0.25, 0.3) is 11.8 Å². The monoisotopic (exact) mass is 646 g/mol. The molecule has 0 radical (unpaired) electrons. The van der Waals surface area contributed by atoms with Gasteiger partial charge in [-0.2, -0.15) is 0 Å². The molecule has 0 bridgehead atoms. The molecule has 0 aliphatic carbocycles. The van der Waals surface area contributed by atoms with E-state index >= 15 is 0 Å². The largest absolute Gasteiger partial charge is 0.425 e. The predicted molar refractivity (Wildman–Crippen MR) is 126 cm³/mol. The smallest absolute Gasteiger partial charge is 0.335 e. The van der Waals surface area contributed by atoms with Crippen LogP contribution in [0, 0.1) is 3.57 Å². The molecule has 154 valence electrons. The van der Waals surface area contributed by atoms with Crippen molar-refractivity contribution in [1.82, 2.24) is 5.32 Å². The van der Waals surface area contributed by atoms with Crippen molar-refractivity contribution >= 4 is 90.0 Å². The highest BCUT2D eigenvalue weighted by atomic mass is 127. The van der Waals surface area contributed by atoms with Gasteiger partial charge in [-0.15, -0.1) is 0 Å². The van der Waals surface area contributed by atoms with Crippen LogP contribution in [0.15, 0.2) is 50.9 Å². The van der Waals surface area contributed by atoms with E-state index in [4.69, 9.17) is 4.74 Å². The summed E-state index contributed by atoms with van der Waals surface area (Å²) in [6, 6.07) is 9.13. The van der Waals surface area contributed by atoms with Crippen LogP contribution in [0.5, 0.6) is 5.75 Å². The Morgan fingerprint density at radius 2 is 1.83 bits per heavy atom. The molecule has 3 rings (SSSR count). The van der Waals surface area contributed by atoms with Gasteiger partial charge in [-0.25, -0.2) is 9.69 Å². The Morgan fingerprint density at radius 1 is 1.17 bits per heavy atom. The zero-order chi connectivity index (χ0) is 22.0. The van der Waals surface area contributed by atoms with Crippen LogP contribution < -0.4 is 15.0 Å². The van der Waals surface area contributed by atoms with Crippen molar-refractivity contribution in [2.75, 3.05) is 4.90 Å². The fraction of sp³-hybridized carbons (Fsp3) is 0.100. The number of hydrogen-bond acceptors (Lipinski definition) is 5. The van der Waals surface area contributed by atoms with Gasteiger partial charge in [0.2, 0.25) is 0 Å². The van der Waals surface area contributed by atoms with E-state index in [1.54, 1.807) is 43.3 Å². The number of barbiturate groups is 1. The number of amides is 4. The lowest BCUT2D eigenvalue weighted by molar-refractivity contribution is -0.134. The molecule has 2 aromatic carbocycles. The molecule has 1 aliphatic rings. The summed E-state index contributed by atoms with van der Waals surface area (Å²) in [6.45, 7) is 1.65. The molecular formula is C20H13Br2IN2O5. The minimum absolute atomic E-state index is 0.146. The van der Waals surface area contributed by atoms with E-state index in [-0.39, 0.29) is 17.7 Å². The highest BCUT2D eigenvalue weighted by Crippen LogP contribution is 2.35. The number of benzene rings is 2. The molecule has 2 aromatic rings. The minimum atomic E-state index is -0.837. The average Bonchev–Trinajstić information content (AvgIpc) is 2.68. The summed E-state index contributed by atoms with van der Waals surface area (Å²) in [5, 5.41) is 2.17. The molecule has 0 spiro atoms. The Labute approximate surface area is 202 Å². The zero-order valence-corrected chi connectivity index (χ0v) is 20.7. The van der Waals surface area contributed by atoms with Gasteiger partial charge in [-0.3, -0.25) is 19.7 Å². The number of urea groups is 1. The normalized spacial score (nSPS) is 15.4. The first-order valence-corrected chi connectivity index (χ1v) is 11.2. The van der Waals surface area contributed by atoms with Gasteiger partial charge >= 0.3 is 12.0 Å². The van der Waals surface area contributed by atoms with E-state index in [2.05, 4.69) is 59.8 Å². The molecule has 0 aromatic heterocycles. The summed E-state index contributed by atoms with van der Waals surface area (Å²) in [5.74, 6) is -1.94. The Kier molecular flexibility index (Phi) is 7.09. The first kappa shape index (κ1) is 22.6. The number of carbonyl (C=O) groups is 4. The molecule has 10 heteroatoms. The van der Waals surface area contributed by atoms with Crippen LogP contribution in [0.3, 0.4) is 0 Å². The first-order chi connectivity index (χ1) is 14.2. The molecule has 1 saturated heterocycles. The van der Waals surface area contributed by atoms with Crippen molar-refractivity contribution in [3.8, 4) is 5.75 Å². The molecule has 30 heavy (non-hydrogen) atoms. The van der Waals surface area contributed by atoms with Crippen LogP contribution in [-0.2, 0) is 14.4 Å². The third-order valence-electron chi connectivity index (χ3n) is 4.03. The summed E-state index contributed by atoms with van der Waals surface area (Å²) in [6.07, 6.45) is 1.44. The van der Waals surface area contributed by atoms with Crippen LogP contribution in [-0.4, -0.2) is 23.8 Å². The fourth-order valence-electron chi connectivity index (χ4n) is 2.62. The molecule has 1 heterocycles. The van der Waals surface area contributed by atoms with Gasteiger partial charge in [-0.1, -0.05) is 22.9 Å². The number of hydrogen-bond donors (Lipinski definition) is 1. The van der Waals surface area contributed by atoms with Crippen LogP contribution in [0.1, 0.15) is 18.9 Å². The molecular weight excluding hydrogens is 635 g/mol. The van der Waals surface area contributed by atoms with E-state index in [1.807, 2.05) is 0 Å². The Morgan fingerprint density at radius 3 is 2.47 bits per heavy atom. The predicted octanol–water partition coefficient (Wildman–Crippen LogP) is 4.80. The van der Waals surface area contributed by atoms with Gasteiger partial charge in [0, 0.05) is 20.0 Å². The number of ether oxygens (including phenoxy) is 1. The zero-order valence-electron chi connectivity index (χ0n) is 15.4. The molecule has 1 fully saturated rings. The second kappa shape index (κ2) is 9.40. The maximum atomic E-state index is 13.0. The van der Waals surface area contributed by atoms with Gasteiger partial charge in [0.05, 0.1) is 10.2 Å². The third kappa shape index (κ3) is 4.81. The Balaban J connectivity index is 2.08.